The molecule has 3 unspecified atom stereocenters. The molecule has 20 heavy (non-hydrogen) atoms. The molecule has 1 saturated carbocycles. The molecule has 1 heterocycles. The van der Waals surface area contributed by atoms with E-state index in [9.17, 15) is 0 Å². The zero-order valence-corrected chi connectivity index (χ0v) is 12.3. The van der Waals surface area contributed by atoms with Crippen molar-refractivity contribution < 1.29 is 0 Å². The lowest BCUT2D eigenvalue weighted by Gasteiger charge is -2.34. The molecule has 106 valence electrons. The lowest BCUT2D eigenvalue weighted by molar-refractivity contribution is 0.276. The normalized spacial score (nSPS) is 26.4. The lowest BCUT2D eigenvalue weighted by Crippen LogP contribution is -2.32. The maximum absolute atomic E-state index is 4.11. The Kier molecular flexibility index (Phi) is 3.77. The number of rotatable bonds is 3. The van der Waals surface area contributed by atoms with Gasteiger partial charge in [-0.3, -0.25) is 0 Å². The van der Waals surface area contributed by atoms with Crippen LogP contribution in [0, 0.1) is 11.8 Å². The Labute approximate surface area is 121 Å². The molecule has 3 heteroatoms. The fourth-order valence-electron chi connectivity index (χ4n) is 3.26. The van der Waals surface area contributed by atoms with Gasteiger partial charge in [-0.2, -0.15) is 0 Å². The Balaban J connectivity index is 1.73. The van der Waals surface area contributed by atoms with Crippen molar-refractivity contribution in [3.05, 3.63) is 43.0 Å². The van der Waals surface area contributed by atoms with Crippen LogP contribution in [0.4, 0.5) is 5.69 Å². The van der Waals surface area contributed by atoms with Gasteiger partial charge < -0.3 is 9.88 Å². The highest BCUT2D eigenvalue weighted by Crippen LogP contribution is 2.31. The summed E-state index contributed by atoms with van der Waals surface area (Å²) >= 11 is 0. The van der Waals surface area contributed by atoms with E-state index in [1.807, 2.05) is 23.3 Å². The smallest absolute Gasteiger partial charge is 0.0991 e. The molecule has 0 radical (unpaired) electrons. The van der Waals surface area contributed by atoms with Crippen molar-refractivity contribution in [3.8, 4) is 5.69 Å². The third-order valence-electron chi connectivity index (χ3n) is 4.43. The predicted octanol–water partition coefficient (Wildman–Crippen LogP) is 4.11. The van der Waals surface area contributed by atoms with Gasteiger partial charge in [-0.1, -0.05) is 19.9 Å². The topological polar surface area (TPSA) is 29.9 Å². The van der Waals surface area contributed by atoms with Gasteiger partial charge >= 0.3 is 0 Å². The summed E-state index contributed by atoms with van der Waals surface area (Å²) in [6, 6.07) is 9.18. The van der Waals surface area contributed by atoms with E-state index < -0.39 is 0 Å². The molecule has 0 bridgehead atoms. The molecule has 0 amide bonds. The van der Waals surface area contributed by atoms with Gasteiger partial charge in [-0.05, 0) is 49.3 Å². The van der Waals surface area contributed by atoms with Gasteiger partial charge in [-0.15, -0.1) is 0 Å². The van der Waals surface area contributed by atoms with Crippen LogP contribution in [0.25, 0.3) is 5.69 Å². The Hall–Kier alpha value is -1.77. The molecule has 2 aromatic rings. The molecule has 1 aliphatic carbocycles. The number of hydrogen-bond acceptors (Lipinski definition) is 2. The minimum Gasteiger partial charge on any atom is -0.382 e. The van der Waals surface area contributed by atoms with Gasteiger partial charge in [-0.25, -0.2) is 4.98 Å². The average molecular weight is 269 g/mol. The molecule has 3 nitrogen and oxygen atoms in total. The van der Waals surface area contributed by atoms with E-state index in [-0.39, 0.29) is 0 Å². The Morgan fingerprint density at radius 2 is 2.15 bits per heavy atom. The Morgan fingerprint density at radius 3 is 2.90 bits per heavy atom. The van der Waals surface area contributed by atoms with Crippen molar-refractivity contribution in [2.45, 2.75) is 39.2 Å². The fraction of sp³-hybridized carbons (Fsp3) is 0.471. The van der Waals surface area contributed by atoms with Crippen molar-refractivity contribution in [1.82, 2.24) is 9.55 Å². The third kappa shape index (κ3) is 2.87. The lowest BCUT2D eigenvalue weighted by atomic mass is 9.80. The maximum Gasteiger partial charge on any atom is 0.0991 e. The largest absolute Gasteiger partial charge is 0.382 e. The predicted molar refractivity (Wildman–Crippen MR) is 83.2 cm³/mol. The second kappa shape index (κ2) is 5.70. The highest BCUT2D eigenvalue weighted by atomic mass is 15.0. The number of benzene rings is 1. The fourth-order valence-corrected chi connectivity index (χ4v) is 3.26. The molecule has 1 aliphatic rings. The van der Waals surface area contributed by atoms with E-state index in [2.05, 4.69) is 48.4 Å². The van der Waals surface area contributed by atoms with Gasteiger partial charge in [0.2, 0.25) is 0 Å². The van der Waals surface area contributed by atoms with Crippen LogP contribution in [0.3, 0.4) is 0 Å². The average Bonchev–Trinajstić information content (AvgIpc) is 2.96. The molecular weight excluding hydrogens is 246 g/mol. The second-order valence-corrected chi connectivity index (χ2v) is 6.17. The number of nitrogens with zero attached hydrogens (tertiary/aromatic N) is 2. The van der Waals surface area contributed by atoms with Crippen molar-refractivity contribution in [3.63, 3.8) is 0 Å². The standard InChI is InChI=1S/C17H23N3/c1-13-6-7-17(14(2)10-13)19-15-4-3-5-16(11-15)20-9-8-18-12-20/h3-5,8-9,11-14,17,19H,6-7,10H2,1-2H3. The van der Waals surface area contributed by atoms with E-state index in [0.717, 1.165) is 17.5 Å². The summed E-state index contributed by atoms with van der Waals surface area (Å²) in [5, 5.41) is 3.72. The van der Waals surface area contributed by atoms with Crippen LogP contribution in [-0.2, 0) is 0 Å². The first-order valence-electron chi connectivity index (χ1n) is 7.57. The maximum atomic E-state index is 4.11. The number of imidazole rings is 1. The van der Waals surface area contributed by atoms with Crippen molar-refractivity contribution in [2.24, 2.45) is 11.8 Å². The molecule has 3 atom stereocenters. The van der Waals surface area contributed by atoms with Gasteiger partial charge in [0.1, 0.15) is 0 Å². The molecule has 1 N–H and O–H groups in total. The molecule has 1 aromatic carbocycles. The van der Waals surface area contributed by atoms with Crippen LogP contribution in [0.2, 0.25) is 0 Å². The van der Waals surface area contributed by atoms with E-state index >= 15 is 0 Å². The van der Waals surface area contributed by atoms with Crippen molar-refractivity contribution in [2.75, 3.05) is 5.32 Å². The monoisotopic (exact) mass is 269 g/mol. The van der Waals surface area contributed by atoms with Gasteiger partial charge in [0, 0.05) is 29.8 Å². The van der Waals surface area contributed by atoms with Gasteiger partial charge in [0.25, 0.3) is 0 Å². The molecular formula is C17H23N3. The number of nitrogens with one attached hydrogen (secondary N) is 1. The number of hydrogen-bond donors (Lipinski definition) is 1. The van der Waals surface area contributed by atoms with E-state index in [1.54, 1.807) is 0 Å². The van der Waals surface area contributed by atoms with Gasteiger partial charge in [0.05, 0.1) is 6.33 Å². The Morgan fingerprint density at radius 1 is 1.25 bits per heavy atom. The quantitative estimate of drug-likeness (QED) is 0.908. The number of aromatic nitrogens is 2. The summed E-state index contributed by atoms with van der Waals surface area (Å²) in [4.78, 5) is 4.11. The van der Waals surface area contributed by atoms with E-state index in [0.29, 0.717) is 6.04 Å². The molecule has 0 aliphatic heterocycles. The third-order valence-corrected chi connectivity index (χ3v) is 4.43. The Bertz CT molecular complexity index is 547. The molecule has 3 rings (SSSR count). The minimum atomic E-state index is 0.601. The zero-order chi connectivity index (χ0) is 13.9. The van der Waals surface area contributed by atoms with E-state index in [4.69, 9.17) is 0 Å². The molecule has 1 aromatic heterocycles. The van der Waals surface area contributed by atoms with Crippen LogP contribution in [0.15, 0.2) is 43.0 Å². The van der Waals surface area contributed by atoms with Gasteiger partial charge in [0.15, 0.2) is 0 Å². The van der Waals surface area contributed by atoms with Crippen LogP contribution < -0.4 is 5.32 Å². The highest BCUT2D eigenvalue weighted by Gasteiger charge is 2.25. The minimum absolute atomic E-state index is 0.601. The molecule has 0 spiro atoms. The SMILES string of the molecule is CC1CCC(Nc2cccc(-n3ccnc3)c2)C(C)C1. The summed E-state index contributed by atoms with van der Waals surface area (Å²) in [5.41, 5.74) is 2.37. The van der Waals surface area contributed by atoms with Crippen LogP contribution in [-0.4, -0.2) is 15.6 Å². The molecule has 1 fully saturated rings. The zero-order valence-electron chi connectivity index (χ0n) is 12.3. The number of anilines is 1. The first-order chi connectivity index (χ1) is 9.72. The van der Waals surface area contributed by atoms with Crippen LogP contribution >= 0.6 is 0 Å². The first-order valence-corrected chi connectivity index (χ1v) is 7.57. The van der Waals surface area contributed by atoms with Crippen molar-refractivity contribution in [1.29, 1.82) is 0 Å². The summed E-state index contributed by atoms with van der Waals surface area (Å²) in [6.45, 7) is 4.74. The van der Waals surface area contributed by atoms with Crippen LogP contribution in [0.1, 0.15) is 33.1 Å². The summed E-state index contributed by atoms with van der Waals surface area (Å²) in [6.07, 6.45) is 9.57. The molecule has 0 saturated heterocycles. The highest BCUT2D eigenvalue weighted by molar-refractivity contribution is 5.51. The van der Waals surface area contributed by atoms with Crippen molar-refractivity contribution >= 4 is 5.69 Å². The summed E-state index contributed by atoms with van der Waals surface area (Å²) in [7, 11) is 0. The van der Waals surface area contributed by atoms with Crippen LogP contribution in [0.5, 0.6) is 0 Å². The first kappa shape index (κ1) is 13.2. The van der Waals surface area contributed by atoms with E-state index in [1.165, 1.54) is 24.9 Å². The second-order valence-electron chi connectivity index (χ2n) is 6.17. The summed E-state index contributed by atoms with van der Waals surface area (Å²) < 4.78 is 2.04. The summed E-state index contributed by atoms with van der Waals surface area (Å²) in [5.74, 6) is 1.62.